The standard InChI is InChI=1S/C7H12ClNO2/c1-2-6-5-11-4-3-9(6)7(8)10/h6H,2-5H2,1H3. The maximum absolute atomic E-state index is 10.8. The van der Waals surface area contributed by atoms with E-state index in [1.165, 1.54) is 0 Å². The Kier molecular flexibility index (Phi) is 3.15. The number of hydrogen-bond acceptors (Lipinski definition) is 2. The van der Waals surface area contributed by atoms with Gasteiger partial charge in [-0.25, -0.2) is 0 Å². The molecule has 0 aromatic carbocycles. The molecular weight excluding hydrogens is 166 g/mol. The molecule has 0 aromatic heterocycles. The van der Waals surface area contributed by atoms with Crippen molar-refractivity contribution < 1.29 is 9.53 Å². The summed E-state index contributed by atoms with van der Waals surface area (Å²) in [5, 5.41) is -0.361. The van der Waals surface area contributed by atoms with Crippen molar-refractivity contribution in [3.05, 3.63) is 0 Å². The van der Waals surface area contributed by atoms with Gasteiger partial charge >= 0.3 is 5.37 Å². The molecule has 1 aliphatic heterocycles. The summed E-state index contributed by atoms with van der Waals surface area (Å²) in [5.74, 6) is 0. The predicted octanol–water partition coefficient (Wildman–Crippen LogP) is 1.46. The molecule has 0 saturated carbocycles. The molecule has 1 heterocycles. The minimum absolute atomic E-state index is 0.175. The summed E-state index contributed by atoms with van der Waals surface area (Å²) in [6.07, 6.45) is 0.901. The zero-order valence-corrected chi connectivity index (χ0v) is 7.30. The summed E-state index contributed by atoms with van der Waals surface area (Å²) in [4.78, 5) is 12.5. The molecular formula is C7H12ClNO2. The monoisotopic (exact) mass is 177 g/mol. The van der Waals surface area contributed by atoms with Gasteiger partial charge in [-0.3, -0.25) is 4.79 Å². The highest BCUT2D eigenvalue weighted by Gasteiger charge is 2.24. The lowest BCUT2D eigenvalue weighted by atomic mass is 10.2. The molecule has 1 fully saturated rings. The van der Waals surface area contributed by atoms with Crippen molar-refractivity contribution in [3.63, 3.8) is 0 Å². The van der Waals surface area contributed by atoms with Crippen LogP contribution >= 0.6 is 11.6 Å². The van der Waals surface area contributed by atoms with Crippen LogP contribution in [0.15, 0.2) is 0 Å². The van der Waals surface area contributed by atoms with Crippen LogP contribution in [0.4, 0.5) is 4.79 Å². The van der Waals surface area contributed by atoms with E-state index in [0.717, 1.165) is 6.42 Å². The topological polar surface area (TPSA) is 29.5 Å². The summed E-state index contributed by atoms with van der Waals surface area (Å²) in [6, 6.07) is 0.175. The predicted molar refractivity (Wildman–Crippen MR) is 42.9 cm³/mol. The van der Waals surface area contributed by atoms with Crippen LogP contribution in [-0.2, 0) is 4.74 Å². The van der Waals surface area contributed by atoms with Crippen molar-refractivity contribution in [1.29, 1.82) is 0 Å². The third kappa shape index (κ3) is 2.07. The van der Waals surface area contributed by atoms with Gasteiger partial charge in [0.25, 0.3) is 0 Å². The highest BCUT2D eigenvalue weighted by atomic mass is 35.5. The molecule has 1 amide bonds. The lowest BCUT2D eigenvalue weighted by molar-refractivity contribution is 0.0168. The molecule has 0 N–H and O–H groups in total. The van der Waals surface area contributed by atoms with Gasteiger partial charge in [0.2, 0.25) is 0 Å². The van der Waals surface area contributed by atoms with Crippen molar-refractivity contribution >= 4 is 17.0 Å². The van der Waals surface area contributed by atoms with E-state index in [2.05, 4.69) is 0 Å². The average molecular weight is 178 g/mol. The van der Waals surface area contributed by atoms with Crippen molar-refractivity contribution in [1.82, 2.24) is 4.90 Å². The molecule has 0 bridgehead atoms. The molecule has 0 aliphatic carbocycles. The van der Waals surface area contributed by atoms with E-state index in [1.807, 2.05) is 6.92 Å². The second-order valence-electron chi connectivity index (χ2n) is 2.58. The minimum atomic E-state index is -0.361. The fourth-order valence-electron chi connectivity index (χ4n) is 1.22. The summed E-state index contributed by atoms with van der Waals surface area (Å²) >= 11 is 5.36. The van der Waals surface area contributed by atoms with Gasteiger partial charge in [-0.2, -0.15) is 0 Å². The molecule has 0 spiro atoms. The molecule has 0 radical (unpaired) electrons. The Morgan fingerprint density at radius 2 is 2.55 bits per heavy atom. The van der Waals surface area contributed by atoms with Gasteiger partial charge in [0, 0.05) is 6.54 Å². The number of rotatable bonds is 1. The van der Waals surface area contributed by atoms with Gasteiger partial charge < -0.3 is 9.64 Å². The van der Waals surface area contributed by atoms with Crippen molar-refractivity contribution in [2.24, 2.45) is 0 Å². The number of carbonyl (C=O) groups excluding carboxylic acids is 1. The zero-order valence-electron chi connectivity index (χ0n) is 6.55. The molecule has 64 valence electrons. The Balaban J connectivity index is 2.51. The highest BCUT2D eigenvalue weighted by molar-refractivity contribution is 6.62. The van der Waals surface area contributed by atoms with E-state index in [4.69, 9.17) is 16.3 Å². The van der Waals surface area contributed by atoms with Crippen LogP contribution in [0.1, 0.15) is 13.3 Å². The smallest absolute Gasteiger partial charge is 0.316 e. The molecule has 1 atom stereocenters. The first-order chi connectivity index (χ1) is 5.25. The van der Waals surface area contributed by atoms with Crippen LogP contribution in [0, 0.1) is 0 Å². The van der Waals surface area contributed by atoms with Crippen molar-refractivity contribution in [2.75, 3.05) is 19.8 Å². The lowest BCUT2D eigenvalue weighted by Crippen LogP contribution is -2.46. The Morgan fingerprint density at radius 3 is 3.00 bits per heavy atom. The maximum atomic E-state index is 10.8. The fourth-order valence-corrected chi connectivity index (χ4v) is 1.45. The third-order valence-electron chi connectivity index (χ3n) is 1.92. The van der Waals surface area contributed by atoms with Crippen LogP contribution < -0.4 is 0 Å². The number of halogens is 1. The number of ether oxygens (including phenoxy) is 1. The van der Waals surface area contributed by atoms with Gasteiger partial charge in [0.05, 0.1) is 19.3 Å². The number of hydrogen-bond donors (Lipinski definition) is 0. The molecule has 3 nitrogen and oxygen atoms in total. The maximum Gasteiger partial charge on any atom is 0.316 e. The lowest BCUT2D eigenvalue weighted by Gasteiger charge is -2.33. The minimum Gasteiger partial charge on any atom is -0.377 e. The van der Waals surface area contributed by atoms with E-state index in [9.17, 15) is 4.79 Å². The molecule has 1 aliphatic rings. The highest BCUT2D eigenvalue weighted by Crippen LogP contribution is 2.12. The largest absolute Gasteiger partial charge is 0.377 e. The molecule has 11 heavy (non-hydrogen) atoms. The normalized spacial score (nSPS) is 25.3. The molecule has 1 saturated heterocycles. The van der Waals surface area contributed by atoms with E-state index in [-0.39, 0.29) is 11.4 Å². The molecule has 4 heteroatoms. The number of carbonyl (C=O) groups is 1. The van der Waals surface area contributed by atoms with Crippen LogP contribution in [0.5, 0.6) is 0 Å². The zero-order chi connectivity index (χ0) is 8.27. The van der Waals surface area contributed by atoms with Gasteiger partial charge in [-0.15, -0.1) is 0 Å². The first kappa shape index (κ1) is 8.81. The quantitative estimate of drug-likeness (QED) is 0.448. The first-order valence-electron chi connectivity index (χ1n) is 3.79. The number of amides is 1. The Bertz CT molecular complexity index is 151. The van der Waals surface area contributed by atoms with Crippen LogP contribution in [0.2, 0.25) is 0 Å². The Morgan fingerprint density at radius 1 is 1.82 bits per heavy atom. The Hall–Kier alpha value is -0.280. The van der Waals surface area contributed by atoms with E-state index >= 15 is 0 Å². The SMILES string of the molecule is CCC1COCCN1C(=O)Cl. The van der Waals surface area contributed by atoms with Gasteiger partial charge in [-0.05, 0) is 18.0 Å². The van der Waals surface area contributed by atoms with Crippen LogP contribution in [-0.4, -0.2) is 36.1 Å². The van der Waals surface area contributed by atoms with Gasteiger partial charge in [0.1, 0.15) is 0 Å². The second kappa shape index (κ2) is 3.93. The number of nitrogens with zero attached hydrogens (tertiary/aromatic N) is 1. The van der Waals surface area contributed by atoms with Gasteiger partial charge in [-0.1, -0.05) is 6.92 Å². The molecule has 0 aromatic rings. The summed E-state index contributed by atoms with van der Waals surface area (Å²) in [5.41, 5.74) is 0. The fraction of sp³-hybridized carbons (Fsp3) is 0.857. The molecule has 1 rings (SSSR count). The summed E-state index contributed by atoms with van der Waals surface area (Å²) < 4.78 is 5.20. The van der Waals surface area contributed by atoms with E-state index in [1.54, 1.807) is 4.90 Å². The van der Waals surface area contributed by atoms with Crippen LogP contribution in [0.25, 0.3) is 0 Å². The first-order valence-corrected chi connectivity index (χ1v) is 4.17. The van der Waals surface area contributed by atoms with E-state index < -0.39 is 0 Å². The van der Waals surface area contributed by atoms with E-state index in [0.29, 0.717) is 19.8 Å². The van der Waals surface area contributed by atoms with Crippen molar-refractivity contribution in [3.8, 4) is 0 Å². The molecule has 1 unspecified atom stereocenters. The van der Waals surface area contributed by atoms with Gasteiger partial charge in [0.15, 0.2) is 0 Å². The average Bonchev–Trinajstić information content (AvgIpc) is 2.04. The number of morpholine rings is 1. The van der Waals surface area contributed by atoms with Crippen LogP contribution in [0.3, 0.4) is 0 Å². The van der Waals surface area contributed by atoms with Crippen molar-refractivity contribution in [2.45, 2.75) is 19.4 Å². The Labute approximate surface area is 71.3 Å². The summed E-state index contributed by atoms with van der Waals surface area (Å²) in [6.45, 7) is 3.87. The summed E-state index contributed by atoms with van der Waals surface area (Å²) in [7, 11) is 0. The second-order valence-corrected chi connectivity index (χ2v) is 2.91. The third-order valence-corrected chi connectivity index (χ3v) is 2.14.